The lowest BCUT2D eigenvalue weighted by atomic mass is 9.91. The van der Waals surface area contributed by atoms with E-state index in [9.17, 15) is 36.9 Å². The van der Waals surface area contributed by atoms with E-state index in [1.165, 1.54) is 21.6 Å². The van der Waals surface area contributed by atoms with Crippen molar-refractivity contribution in [3.63, 3.8) is 0 Å². The van der Waals surface area contributed by atoms with Crippen LogP contribution in [-0.2, 0) is 12.4 Å². The van der Waals surface area contributed by atoms with Gasteiger partial charge in [-0.05, 0) is 208 Å². The summed E-state index contributed by atoms with van der Waals surface area (Å²) in [6, 6.07) is 143. The molecule has 21 rings (SSSR count). The Morgan fingerprint density at radius 1 is 0.301 bits per heavy atom. The fraction of sp³-hybridized carbons (Fsp3) is 0.0172. The van der Waals surface area contributed by atoms with Crippen LogP contribution >= 0.6 is 0 Å². The van der Waals surface area contributed by atoms with Gasteiger partial charge in [0.1, 0.15) is 23.8 Å². The molecule has 4 heterocycles. The smallest absolute Gasteiger partial charge is 0.339 e. The predicted molar refractivity (Wildman–Crippen MR) is 530 cm³/mol. The molecule has 2 N–H and O–H groups in total. The first-order valence-corrected chi connectivity index (χ1v) is 45.3. The van der Waals surface area contributed by atoms with Crippen LogP contribution in [0.15, 0.2) is 447 Å². The molecule has 0 radical (unpaired) electrons. The molecular weight excluding hydrogens is 1680 g/mol. The summed E-state index contributed by atoms with van der Waals surface area (Å²) in [6.07, 6.45) is -6.50. The lowest BCUT2D eigenvalue weighted by molar-refractivity contribution is -0.142. The maximum atomic E-state index is 14.9. The van der Waals surface area contributed by atoms with Gasteiger partial charge in [-0.25, -0.2) is 20.0 Å². The van der Waals surface area contributed by atoms with Gasteiger partial charge in [0.15, 0.2) is 19.7 Å². The summed E-state index contributed by atoms with van der Waals surface area (Å²) in [5.41, 5.74) is 15.8. The van der Waals surface area contributed by atoms with E-state index in [2.05, 4.69) is 257 Å². The summed E-state index contributed by atoms with van der Waals surface area (Å²) in [4.78, 5) is 24.5. The van der Waals surface area contributed by atoms with Crippen molar-refractivity contribution in [1.82, 2.24) is 9.97 Å². The number of nitriles is 2. The van der Waals surface area contributed by atoms with Crippen molar-refractivity contribution in [1.29, 1.82) is 10.5 Å². The van der Waals surface area contributed by atoms with Crippen molar-refractivity contribution >= 4 is 130 Å². The second-order valence-corrected chi connectivity index (χ2v) is 36.4. The molecule has 0 atom stereocenters. The van der Waals surface area contributed by atoms with E-state index in [-0.39, 0.29) is 22.8 Å². The third-order valence-corrected chi connectivity index (χ3v) is 29.7. The summed E-state index contributed by atoms with van der Waals surface area (Å²) in [6.45, 7) is 0. The minimum Gasteiger partial charge on any atom is -0.339 e. The zero-order chi connectivity index (χ0) is 90.3. The Labute approximate surface area is 764 Å². The highest BCUT2D eigenvalue weighted by Crippen LogP contribution is 2.48. The Hall–Kier alpha value is -17.4. The maximum Gasteiger partial charge on any atom is 0.417 e. The van der Waals surface area contributed by atoms with Gasteiger partial charge in [0.2, 0.25) is 0 Å². The van der Waals surface area contributed by atoms with Crippen LogP contribution in [0.5, 0.6) is 0 Å². The topological polar surface area (TPSA) is 129 Å². The van der Waals surface area contributed by atoms with Crippen LogP contribution in [-0.4, -0.2) is 29.7 Å². The van der Waals surface area contributed by atoms with E-state index in [0.29, 0.717) is 62.3 Å². The van der Waals surface area contributed by atoms with Crippen molar-refractivity contribution in [3.8, 4) is 78.9 Å². The van der Waals surface area contributed by atoms with Gasteiger partial charge in [0, 0.05) is 96.5 Å². The number of aliphatic imine (C=N–C) groups is 2. The quantitative estimate of drug-likeness (QED) is 0.0254. The molecule has 133 heavy (non-hydrogen) atoms. The molecule has 0 aliphatic carbocycles. The average Bonchev–Trinajstić information content (AvgIpc) is 1.59. The Morgan fingerprint density at radius 2 is 0.692 bits per heavy atom. The van der Waals surface area contributed by atoms with Crippen molar-refractivity contribution < 1.29 is 26.3 Å². The third kappa shape index (κ3) is 15.8. The molecule has 0 bridgehead atoms. The van der Waals surface area contributed by atoms with Crippen LogP contribution in [0.3, 0.4) is 0 Å². The molecule has 0 saturated carbocycles. The Bertz CT molecular complexity index is 7730. The van der Waals surface area contributed by atoms with Crippen molar-refractivity contribution in [2.45, 2.75) is 12.4 Å². The Kier molecular flexibility index (Phi) is 21.5. The molecule has 0 saturated heterocycles. The number of allylic oxidation sites excluding steroid dienone is 2. The van der Waals surface area contributed by atoms with Gasteiger partial charge in [0.25, 0.3) is 0 Å². The number of rotatable bonds is 20. The molecule has 0 unspecified atom stereocenters. The standard InChI is InChI=1S/C116H74F6N10Si/c117-115(118,119)87-50-65-99(106(70-87)116(120,121)122)98-66-67-108-111-100(98)31-18-33-102(111)114(128-108)130-112-103(81-47-63-97(64-48-81)133(94-25-10-3-11-26-94,95-27-12-4-13-28-95)96-29-14-5-15-30-96)69-86(74-126-112)80-41-57-91(58-42-80)132(89-53-37-78(38-54-89)76-21-8-2-9-22-76)93-61-45-83(46-62-93)105(72-124)104(71-123)82-43-59-92(60-44-82)131(88-51-35-77(36-52-88)75-19-6-1-7-20-75)90-55-39-79(40-56-90)85-49-68-109(125-73-85)129-113-101-32-16-23-84-24-17-34-107(127-113)110(84)101/h1-70,73-74H,(H,125,127,129)(H,126,128,130)/b105-104+. The first kappa shape index (κ1) is 82.6. The number of hydrogen-bond acceptors (Lipinski definition) is 8. The van der Waals surface area contributed by atoms with E-state index in [0.717, 1.165) is 123 Å². The first-order chi connectivity index (χ1) is 65.1. The lowest BCUT2D eigenvalue weighted by Gasteiger charge is -2.34. The number of nitrogens with one attached hydrogen (secondary N) is 2. The highest BCUT2D eigenvalue weighted by atomic mass is 28.3. The monoisotopic (exact) mass is 1750 g/mol. The van der Waals surface area contributed by atoms with Gasteiger partial charge in [-0.2, -0.15) is 36.9 Å². The van der Waals surface area contributed by atoms with Gasteiger partial charge in [-0.3, -0.25) is 0 Å². The van der Waals surface area contributed by atoms with Gasteiger partial charge in [0.05, 0.1) is 22.3 Å². The minimum absolute atomic E-state index is 0.104. The largest absolute Gasteiger partial charge is 0.417 e. The van der Waals surface area contributed by atoms with Crippen LogP contribution in [0.1, 0.15) is 33.4 Å². The van der Waals surface area contributed by atoms with Crippen LogP contribution in [0.25, 0.3) is 99.5 Å². The fourth-order valence-corrected chi connectivity index (χ4v) is 23.3. The second kappa shape index (κ2) is 34.7. The van der Waals surface area contributed by atoms with Gasteiger partial charge in [-0.15, -0.1) is 0 Å². The lowest BCUT2D eigenvalue weighted by Crippen LogP contribution is -2.74. The summed E-state index contributed by atoms with van der Waals surface area (Å²) in [5, 5.41) is 37.3. The number of pyridine rings is 2. The SMILES string of the molecule is N#C/C(=C(/C#N)c1ccc(N(c2ccc(-c3ccccc3)cc2)c2ccc(-c3cnc(/N=C4\Nc5ccc(-c6ccc(C(F)(F)F)cc6C(F)(F)F)c6cccc4c56)c(-c4ccc([Si](c5ccccc5)(c5ccccc5)c5ccccc5)cc4)c3)cc2)cc1)c1ccc(N(c2ccc(-c3ccccc3)cc2)c2ccc(-c3ccc(/N=C4\Nc5cccc6cccc4c56)nc3)cc2)cc1. The maximum absolute atomic E-state index is 14.9. The summed E-state index contributed by atoms with van der Waals surface area (Å²) in [7, 11) is -3.01. The molecule has 634 valence electrons. The number of amidine groups is 2. The van der Waals surface area contributed by atoms with Gasteiger partial charge < -0.3 is 20.4 Å². The zero-order valence-electron chi connectivity index (χ0n) is 70.9. The van der Waals surface area contributed by atoms with Crippen LogP contribution in [0.4, 0.5) is 83.5 Å². The van der Waals surface area contributed by atoms with Crippen molar-refractivity contribution in [2.75, 3.05) is 20.4 Å². The third-order valence-electron chi connectivity index (χ3n) is 24.9. The second-order valence-electron chi connectivity index (χ2n) is 32.6. The molecule has 0 fully saturated rings. The molecule has 2 aliphatic heterocycles. The molecule has 0 spiro atoms. The number of anilines is 8. The summed E-state index contributed by atoms with van der Waals surface area (Å²) < 4.78 is 86.8. The minimum atomic E-state index is -5.11. The van der Waals surface area contributed by atoms with E-state index >= 15 is 0 Å². The van der Waals surface area contributed by atoms with E-state index < -0.39 is 37.1 Å². The molecule has 0 amide bonds. The van der Waals surface area contributed by atoms with Crippen LogP contribution in [0.2, 0.25) is 0 Å². The zero-order valence-corrected chi connectivity index (χ0v) is 71.9. The van der Waals surface area contributed by atoms with Crippen molar-refractivity contribution in [2.24, 2.45) is 9.98 Å². The molecule has 2 aromatic heterocycles. The predicted octanol–water partition coefficient (Wildman–Crippen LogP) is 28.1. The number of hydrogen-bond donors (Lipinski definition) is 2. The number of benzene rings is 17. The molecule has 17 heteroatoms. The van der Waals surface area contributed by atoms with Crippen LogP contribution in [0, 0.1) is 22.7 Å². The molecular formula is C116H74F6N10Si. The molecule has 10 nitrogen and oxygen atoms in total. The van der Waals surface area contributed by atoms with E-state index in [1.807, 2.05) is 164 Å². The summed E-state index contributed by atoms with van der Waals surface area (Å²) >= 11 is 0. The highest BCUT2D eigenvalue weighted by molar-refractivity contribution is 7.19. The highest BCUT2D eigenvalue weighted by Gasteiger charge is 2.43. The Balaban J connectivity index is 0.615. The van der Waals surface area contributed by atoms with Crippen molar-refractivity contribution in [3.05, 3.63) is 470 Å². The number of nitrogens with zero attached hydrogens (tertiary/aromatic N) is 8. The fourth-order valence-electron chi connectivity index (χ4n) is 18.5. The van der Waals surface area contributed by atoms with Crippen LogP contribution < -0.4 is 41.2 Å². The molecule has 2 aliphatic rings. The van der Waals surface area contributed by atoms with E-state index in [1.54, 1.807) is 24.4 Å². The number of aromatic nitrogens is 2. The van der Waals surface area contributed by atoms with Gasteiger partial charge in [-0.1, -0.05) is 309 Å². The normalized spacial score (nSPS) is 13.0. The number of alkyl halides is 6. The average molecular weight is 1750 g/mol. The Morgan fingerprint density at radius 3 is 1.16 bits per heavy atom. The number of halogens is 6. The van der Waals surface area contributed by atoms with E-state index in [4.69, 9.17) is 20.0 Å². The summed E-state index contributed by atoms with van der Waals surface area (Å²) in [5.74, 6) is 2.04. The molecule has 17 aromatic carbocycles. The van der Waals surface area contributed by atoms with Gasteiger partial charge >= 0.3 is 12.4 Å². The first-order valence-electron chi connectivity index (χ1n) is 43.3. The molecule has 19 aromatic rings.